The van der Waals surface area contributed by atoms with Gasteiger partial charge in [0.15, 0.2) is 0 Å². The minimum absolute atomic E-state index is 0.377. The highest BCUT2D eigenvalue weighted by molar-refractivity contribution is 6.21. The van der Waals surface area contributed by atoms with E-state index in [1.165, 1.54) is 87.9 Å². The molecule has 216 valence electrons. The van der Waals surface area contributed by atoms with Gasteiger partial charge in [-0.05, 0) is 85.5 Å². The largest absolute Gasteiger partial charge is 0.338 e. The van der Waals surface area contributed by atoms with Crippen LogP contribution in [0.15, 0.2) is 109 Å². The second-order valence-electron chi connectivity index (χ2n) is 13.1. The van der Waals surface area contributed by atoms with Gasteiger partial charge in [0, 0.05) is 55.3 Å². The van der Waals surface area contributed by atoms with Crippen LogP contribution < -0.4 is 0 Å². The lowest BCUT2D eigenvalue weighted by Gasteiger charge is -2.19. The standard InChI is InChI=1S/C42H38N2/c1-25(2)36-22-28(6)40(23-27(36)5)44-41-31-13-8-7-12-29(31)18-20-35(41)34-16-11-15-32(42(34)44)30-19-21-39-37(24-30)33-14-9-10-17-38(33)43(39)26(3)4/h7-26H,1-6H3. The molecule has 0 aliphatic rings. The molecule has 0 aliphatic carbocycles. The van der Waals surface area contributed by atoms with Gasteiger partial charge in [-0.2, -0.15) is 0 Å². The first-order chi connectivity index (χ1) is 21.3. The molecule has 8 aromatic rings. The van der Waals surface area contributed by atoms with Crippen molar-refractivity contribution in [3.63, 3.8) is 0 Å². The van der Waals surface area contributed by atoms with Crippen molar-refractivity contribution in [2.24, 2.45) is 0 Å². The Morgan fingerprint density at radius 2 is 1.23 bits per heavy atom. The maximum absolute atomic E-state index is 2.57. The maximum atomic E-state index is 2.57. The molecule has 0 saturated carbocycles. The molecule has 2 heteroatoms. The number of aromatic nitrogens is 2. The van der Waals surface area contributed by atoms with Crippen molar-refractivity contribution in [1.29, 1.82) is 0 Å². The Labute approximate surface area is 259 Å². The van der Waals surface area contributed by atoms with E-state index in [1.807, 2.05) is 0 Å². The zero-order chi connectivity index (χ0) is 30.3. The second-order valence-corrected chi connectivity index (χ2v) is 13.1. The molecule has 0 fully saturated rings. The van der Waals surface area contributed by atoms with E-state index >= 15 is 0 Å². The summed E-state index contributed by atoms with van der Waals surface area (Å²) >= 11 is 0. The van der Waals surface area contributed by atoms with E-state index in [2.05, 4.69) is 160 Å². The first kappa shape index (κ1) is 26.8. The summed E-state index contributed by atoms with van der Waals surface area (Å²) in [7, 11) is 0. The van der Waals surface area contributed by atoms with E-state index in [0.717, 1.165) is 0 Å². The Morgan fingerprint density at radius 1 is 0.523 bits per heavy atom. The normalized spacial score (nSPS) is 12.3. The van der Waals surface area contributed by atoms with Crippen LogP contribution in [-0.2, 0) is 0 Å². The molecule has 44 heavy (non-hydrogen) atoms. The lowest BCUT2D eigenvalue weighted by atomic mass is 9.94. The summed E-state index contributed by atoms with van der Waals surface area (Å²) in [5.41, 5.74) is 13.0. The maximum Gasteiger partial charge on any atom is 0.0619 e. The SMILES string of the molecule is Cc1cc(-n2c3c(-c4ccc5c(c4)c4ccccc4n5C(C)C)cccc3c3ccc4ccccc4c32)c(C)cc1C(C)C. The van der Waals surface area contributed by atoms with E-state index in [9.17, 15) is 0 Å². The van der Waals surface area contributed by atoms with Crippen LogP contribution in [0.4, 0.5) is 0 Å². The van der Waals surface area contributed by atoms with E-state index in [1.54, 1.807) is 0 Å². The van der Waals surface area contributed by atoms with Crippen molar-refractivity contribution in [3.05, 3.63) is 126 Å². The average molecular weight is 571 g/mol. The van der Waals surface area contributed by atoms with Crippen LogP contribution >= 0.6 is 0 Å². The molecule has 2 heterocycles. The van der Waals surface area contributed by atoms with Crippen molar-refractivity contribution in [2.75, 3.05) is 0 Å². The Bertz CT molecular complexity index is 2410. The molecular formula is C42H38N2. The fourth-order valence-electron chi connectivity index (χ4n) is 7.71. The second kappa shape index (κ2) is 9.86. The Hall–Kier alpha value is -4.82. The molecule has 0 saturated heterocycles. The summed E-state index contributed by atoms with van der Waals surface area (Å²) in [5.74, 6) is 0.483. The Balaban J connectivity index is 1.52. The molecule has 2 nitrogen and oxygen atoms in total. The van der Waals surface area contributed by atoms with E-state index in [0.29, 0.717) is 12.0 Å². The van der Waals surface area contributed by atoms with Gasteiger partial charge in [0.05, 0.1) is 11.0 Å². The van der Waals surface area contributed by atoms with Gasteiger partial charge in [0.25, 0.3) is 0 Å². The molecule has 8 rings (SSSR count). The van der Waals surface area contributed by atoms with Crippen molar-refractivity contribution in [3.8, 4) is 16.8 Å². The monoisotopic (exact) mass is 570 g/mol. The number of fused-ring (bicyclic) bond motifs is 8. The lowest BCUT2D eigenvalue weighted by molar-refractivity contribution is 0.642. The highest BCUT2D eigenvalue weighted by atomic mass is 15.0. The van der Waals surface area contributed by atoms with Crippen LogP contribution in [0.25, 0.3) is 71.2 Å². The van der Waals surface area contributed by atoms with Crippen LogP contribution in [-0.4, -0.2) is 9.13 Å². The predicted octanol–water partition coefficient (Wildman–Crippen LogP) is 12.0. The van der Waals surface area contributed by atoms with Crippen LogP contribution in [0.1, 0.15) is 56.3 Å². The smallest absolute Gasteiger partial charge is 0.0619 e. The summed E-state index contributed by atoms with van der Waals surface area (Å²) in [5, 5.41) is 7.76. The molecule has 0 atom stereocenters. The molecule has 0 radical (unpaired) electrons. The number of hydrogen-bond donors (Lipinski definition) is 0. The number of para-hydroxylation sites is 2. The van der Waals surface area contributed by atoms with E-state index in [-0.39, 0.29) is 0 Å². The van der Waals surface area contributed by atoms with Gasteiger partial charge in [-0.1, -0.05) is 98.8 Å². The number of benzene rings is 6. The van der Waals surface area contributed by atoms with Gasteiger partial charge in [-0.3, -0.25) is 0 Å². The van der Waals surface area contributed by atoms with Gasteiger partial charge in [-0.25, -0.2) is 0 Å². The highest BCUT2D eigenvalue weighted by Gasteiger charge is 2.21. The number of aryl methyl sites for hydroxylation is 2. The van der Waals surface area contributed by atoms with Gasteiger partial charge in [-0.15, -0.1) is 0 Å². The molecule has 0 N–H and O–H groups in total. The van der Waals surface area contributed by atoms with Gasteiger partial charge in [0.1, 0.15) is 0 Å². The molecule has 0 amide bonds. The van der Waals surface area contributed by atoms with Crippen molar-refractivity contribution in [2.45, 2.75) is 53.5 Å². The minimum Gasteiger partial charge on any atom is -0.338 e. The third kappa shape index (κ3) is 3.80. The van der Waals surface area contributed by atoms with Crippen LogP contribution in [0.5, 0.6) is 0 Å². The summed E-state index contributed by atoms with van der Waals surface area (Å²) in [6.07, 6.45) is 0. The zero-order valence-electron chi connectivity index (χ0n) is 26.4. The quantitative estimate of drug-likeness (QED) is 0.199. The molecule has 0 aliphatic heterocycles. The number of nitrogens with zero attached hydrogens (tertiary/aromatic N) is 2. The van der Waals surface area contributed by atoms with Crippen LogP contribution in [0.2, 0.25) is 0 Å². The fourth-order valence-corrected chi connectivity index (χ4v) is 7.71. The van der Waals surface area contributed by atoms with Crippen molar-refractivity contribution >= 4 is 54.4 Å². The molecule has 6 aromatic carbocycles. The minimum atomic E-state index is 0.377. The number of rotatable bonds is 4. The lowest BCUT2D eigenvalue weighted by Crippen LogP contribution is -2.02. The summed E-state index contributed by atoms with van der Waals surface area (Å²) in [4.78, 5) is 0. The zero-order valence-corrected chi connectivity index (χ0v) is 26.4. The van der Waals surface area contributed by atoms with Crippen LogP contribution in [0, 0.1) is 13.8 Å². The average Bonchev–Trinajstić information content (AvgIpc) is 3.55. The fraction of sp³-hybridized carbons (Fsp3) is 0.190. The third-order valence-electron chi connectivity index (χ3n) is 9.66. The summed E-state index contributed by atoms with van der Waals surface area (Å²) in [6, 6.07) is 41.4. The molecular weight excluding hydrogens is 532 g/mol. The first-order valence-corrected chi connectivity index (χ1v) is 15.9. The summed E-state index contributed by atoms with van der Waals surface area (Å²) in [6.45, 7) is 13.7. The topological polar surface area (TPSA) is 9.86 Å². The Kier molecular flexibility index (Phi) is 6.00. The number of hydrogen-bond acceptors (Lipinski definition) is 0. The summed E-state index contributed by atoms with van der Waals surface area (Å²) < 4.78 is 5.04. The molecule has 2 aromatic heterocycles. The van der Waals surface area contributed by atoms with Gasteiger partial charge < -0.3 is 9.13 Å². The van der Waals surface area contributed by atoms with Crippen molar-refractivity contribution < 1.29 is 0 Å². The highest BCUT2D eigenvalue weighted by Crippen LogP contribution is 2.43. The molecule has 0 unspecified atom stereocenters. The third-order valence-corrected chi connectivity index (χ3v) is 9.66. The van der Waals surface area contributed by atoms with E-state index < -0.39 is 0 Å². The Morgan fingerprint density at radius 3 is 2.02 bits per heavy atom. The molecule has 0 bridgehead atoms. The van der Waals surface area contributed by atoms with E-state index in [4.69, 9.17) is 0 Å². The predicted molar refractivity (Wildman–Crippen MR) is 191 cm³/mol. The molecule has 0 spiro atoms. The van der Waals surface area contributed by atoms with Gasteiger partial charge >= 0.3 is 0 Å². The van der Waals surface area contributed by atoms with Gasteiger partial charge in [0.2, 0.25) is 0 Å². The first-order valence-electron chi connectivity index (χ1n) is 15.9. The van der Waals surface area contributed by atoms with Crippen molar-refractivity contribution in [1.82, 2.24) is 9.13 Å². The van der Waals surface area contributed by atoms with Crippen LogP contribution in [0.3, 0.4) is 0 Å².